The van der Waals surface area contributed by atoms with Gasteiger partial charge < -0.3 is 10.4 Å². The van der Waals surface area contributed by atoms with Crippen LogP contribution in [0.5, 0.6) is 0 Å². The normalized spacial score (nSPS) is 18.9. The minimum Gasteiger partial charge on any atom is -0.481 e. The fourth-order valence-electron chi connectivity index (χ4n) is 2.21. The standard InChI is InChI=1S/C15H17N.C4H4F2O2/c1-13(15-10-6-3-7-11-15)16-12-14-8-4-2-5-9-14;5-4(6)1-2(4)3(7)8/h2-11,13,16H,12H2,1H3;2H,1H2,(H,7,8)/t13-;2-/m10/s1. The van der Waals surface area contributed by atoms with Crippen LogP contribution in [-0.4, -0.2) is 17.0 Å². The Morgan fingerprint density at radius 1 is 1.17 bits per heavy atom. The largest absolute Gasteiger partial charge is 0.481 e. The van der Waals surface area contributed by atoms with E-state index in [0.717, 1.165) is 6.54 Å². The third-order valence-corrected chi connectivity index (χ3v) is 3.88. The summed E-state index contributed by atoms with van der Waals surface area (Å²) >= 11 is 0. The molecule has 0 unspecified atom stereocenters. The lowest BCUT2D eigenvalue weighted by atomic mass is 10.1. The van der Waals surface area contributed by atoms with Crippen molar-refractivity contribution in [3.63, 3.8) is 0 Å². The van der Waals surface area contributed by atoms with E-state index in [0.29, 0.717) is 6.04 Å². The van der Waals surface area contributed by atoms with Gasteiger partial charge in [-0.1, -0.05) is 60.7 Å². The van der Waals surface area contributed by atoms with Crippen molar-refractivity contribution in [3.8, 4) is 0 Å². The topological polar surface area (TPSA) is 49.3 Å². The molecular formula is C19H21F2NO2. The van der Waals surface area contributed by atoms with Gasteiger partial charge in [0.25, 0.3) is 5.92 Å². The van der Waals surface area contributed by atoms with Gasteiger partial charge in [0.1, 0.15) is 5.92 Å². The molecular weight excluding hydrogens is 312 g/mol. The first kappa shape index (κ1) is 18.1. The van der Waals surface area contributed by atoms with Crippen LogP contribution in [0.25, 0.3) is 0 Å². The van der Waals surface area contributed by atoms with Crippen LogP contribution in [-0.2, 0) is 11.3 Å². The number of nitrogens with one attached hydrogen (secondary N) is 1. The molecule has 0 amide bonds. The van der Waals surface area contributed by atoms with E-state index in [1.165, 1.54) is 11.1 Å². The molecule has 1 fully saturated rings. The van der Waals surface area contributed by atoms with Crippen LogP contribution in [0.3, 0.4) is 0 Å². The van der Waals surface area contributed by atoms with E-state index in [9.17, 15) is 13.6 Å². The zero-order valence-electron chi connectivity index (χ0n) is 13.5. The fourth-order valence-corrected chi connectivity index (χ4v) is 2.21. The van der Waals surface area contributed by atoms with Crippen LogP contribution < -0.4 is 5.32 Å². The van der Waals surface area contributed by atoms with Gasteiger partial charge in [-0.15, -0.1) is 0 Å². The average molecular weight is 333 g/mol. The maximum absolute atomic E-state index is 11.7. The highest BCUT2D eigenvalue weighted by atomic mass is 19.3. The van der Waals surface area contributed by atoms with Gasteiger partial charge in [-0.25, -0.2) is 8.78 Å². The number of carboxylic acid groups (broad SMARTS) is 1. The quantitative estimate of drug-likeness (QED) is 0.859. The van der Waals surface area contributed by atoms with Crippen molar-refractivity contribution in [1.29, 1.82) is 0 Å². The molecule has 1 saturated carbocycles. The maximum atomic E-state index is 11.7. The maximum Gasteiger partial charge on any atom is 0.312 e. The number of hydrogen-bond donors (Lipinski definition) is 2. The summed E-state index contributed by atoms with van der Waals surface area (Å²) in [6, 6.07) is 21.4. The summed E-state index contributed by atoms with van der Waals surface area (Å²) in [7, 11) is 0. The molecule has 3 rings (SSSR count). The molecule has 0 bridgehead atoms. The van der Waals surface area contributed by atoms with Crippen molar-refractivity contribution < 1.29 is 18.7 Å². The Labute approximate surface area is 140 Å². The Bertz CT molecular complexity index is 647. The van der Waals surface area contributed by atoms with Gasteiger partial charge in [0.2, 0.25) is 0 Å². The Kier molecular flexibility index (Phi) is 6.04. The second-order valence-electron chi connectivity index (χ2n) is 5.85. The number of halogens is 2. The van der Waals surface area contributed by atoms with Gasteiger partial charge >= 0.3 is 5.97 Å². The highest BCUT2D eigenvalue weighted by Gasteiger charge is 2.61. The van der Waals surface area contributed by atoms with Gasteiger partial charge in [0, 0.05) is 19.0 Å². The van der Waals surface area contributed by atoms with E-state index in [1.807, 2.05) is 12.1 Å². The SMILES string of the molecule is C[C@@H](NCc1ccccc1)c1ccccc1.O=C(O)[C@@H]1CC1(F)F. The first-order chi connectivity index (χ1) is 11.4. The van der Waals surface area contributed by atoms with Crippen molar-refractivity contribution in [2.75, 3.05) is 0 Å². The molecule has 0 aromatic heterocycles. The summed E-state index contributed by atoms with van der Waals surface area (Å²) in [4.78, 5) is 9.70. The average Bonchev–Trinajstić information content (AvgIpc) is 3.24. The van der Waals surface area contributed by atoms with Crippen molar-refractivity contribution in [1.82, 2.24) is 5.32 Å². The first-order valence-electron chi connectivity index (χ1n) is 7.83. The molecule has 1 aliphatic rings. The van der Waals surface area contributed by atoms with E-state index in [-0.39, 0.29) is 0 Å². The van der Waals surface area contributed by atoms with E-state index < -0.39 is 24.2 Å². The zero-order chi connectivity index (χ0) is 17.6. The lowest BCUT2D eigenvalue weighted by Gasteiger charge is -2.14. The Balaban J connectivity index is 0.000000219. The van der Waals surface area contributed by atoms with Crippen LogP contribution in [0.1, 0.15) is 30.5 Å². The molecule has 5 heteroatoms. The monoisotopic (exact) mass is 333 g/mol. The van der Waals surface area contributed by atoms with E-state index in [1.54, 1.807) is 0 Å². The molecule has 1 aliphatic carbocycles. The van der Waals surface area contributed by atoms with Crippen LogP contribution in [0.15, 0.2) is 60.7 Å². The van der Waals surface area contributed by atoms with E-state index in [4.69, 9.17) is 5.11 Å². The molecule has 2 N–H and O–H groups in total. The summed E-state index contributed by atoms with van der Waals surface area (Å²) in [5.74, 6) is -5.70. The van der Waals surface area contributed by atoms with Crippen molar-refractivity contribution in [2.24, 2.45) is 5.92 Å². The van der Waals surface area contributed by atoms with Crippen molar-refractivity contribution in [3.05, 3.63) is 71.8 Å². The lowest BCUT2D eigenvalue weighted by Crippen LogP contribution is -2.17. The molecule has 2 aromatic carbocycles. The van der Waals surface area contributed by atoms with E-state index in [2.05, 4.69) is 60.8 Å². The van der Waals surface area contributed by atoms with Gasteiger partial charge in [-0.05, 0) is 18.1 Å². The number of hydrogen-bond acceptors (Lipinski definition) is 2. The summed E-state index contributed by atoms with van der Waals surface area (Å²) in [5, 5.41) is 11.4. The molecule has 128 valence electrons. The Morgan fingerprint density at radius 3 is 2.08 bits per heavy atom. The number of carbonyl (C=O) groups is 1. The molecule has 3 nitrogen and oxygen atoms in total. The summed E-state index contributed by atoms with van der Waals surface area (Å²) in [6.07, 6.45) is -0.484. The molecule has 0 aliphatic heterocycles. The lowest BCUT2D eigenvalue weighted by molar-refractivity contribution is -0.140. The second-order valence-corrected chi connectivity index (χ2v) is 5.85. The molecule has 24 heavy (non-hydrogen) atoms. The summed E-state index contributed by atoms with van der Waals surface area (Å²) in [5.41, 5.74) is 2.66. The van der Waals surface area contributed by atoms with Crippen molar-refractivity contribution in [2.45, 2.75) is 31.9 Å². The molecule has 2 aromatic rings. The minimum absolute atomic E-state index is 0.390. The van der Waals surface area contributed by atoms with Crippen LogP contribution in [0.4, 0.5) is 8.78 Å². The van der Waals surface area contributed by atoms with Gasteiger partial charge in [-0.3, -0.25) is 4.79 Å². The van der Waals surface area contributed by atoms with Crippen LogP contribution in [0, 0.1) is 5.92 Å². The van der Waals surface area contributed by atoms with Gasteiger partial charge in [-0.2, -0.15) is 0 Å². The third-order valence-electron chi connectivity index (χ3n) is 3.88. The molecule has 0 heterocycles. The number of carboxylic acids is 1. The fraction of sp³-hybridized carbons (Fsp3) is 0.316. The number of alkyl halides is 2. The summed E-state index contributed by atoms with van der Waals surface area (Å²) < 4.78 is 23.3. The van der Waals surface area contributed by atoms with E-state index >= 15 is 0 Å². The number of aliphatic carboxylic acids is 1. The highest BCUT2D eigenvalue weighted by molar-refractivity contribution is 5.74. The minimum atomic E-state index is -2.91. The van der Waals surface area contributed by atoms with Crippen LogP contribution >= 0.6 is 0 Å². The van der Waals surface area contributed by atoms with Gasteiger partial charge in [0.15, 0.2) is 0 Å². The Hall–Kier alpha value is -2.27. The zero-order valence-corrected chi connectivity index (χ0v) is 13.5. The molecule has 0 radical (unpaired) electrons. The van der Waals surface area contributed by atoms with Crippen molar-refractivity contribution >= 4 is 5.97 Å². The second kappa shape index (κ2) is 8.02. The Morgan fingerprint density at radius 2 is 1.67 bits per heavy atom. The van der Waals surface area contributed by atoms with Crippen LogP contribution in [0.2, 0.25) is 0 Å². The molecule has 2 atom stereocenters. The number of rotatable bonds is 5. The smallest absolute Gasteiger partial charge is 0.312 e. The first-order valence-corrected chi connectivity index (χ1v) is 7.83. The summed E-state index contributed by atoms with van der Waals surface area (Å²) in [6.45, 7) is 3.11. The van der Waals surface area contributed by atoms with Gasteiger partial charge in [0.05, 0.1) is 0 Å². The predicted octanol–water partition coefficient (Wildman–Crippen LogP) is 4.26. The predicted molar refractivity (Wildman–Crippen MR) is 88.8 cm³/mol. The molecule has 0 spiro atoms. The highest BCUT2D eigenvalue weighted by Crippen LogP contribution is 2.48. The molecule has 0 saturated heterocycles. The third kappa shape index (κ3) is 5.42. The number of benzene rings is 2.